The van der Waals surface area contributed by atoms with Gasteiger partial charge < -0.3 is 32.5 Å². The van der Waals surface area contributed by atoms with Crippen LogP contribution in [0.2, 0.25) is 36.3 Å². The first-order valence-electron chi connectivity index (χ1n) is 13.7. The number of ether oxygens (including phenoxy) is 2. The Bertz CT molecular complexity index is 1410. The van der Waals surface area contributed by atoms with E-state index in [1.807, 2.05) is 67.7 Å². The van der Waals surface area contributed by atoms with Gasteiger partial charge in [-0.3, -0.25) is 4.52 Å². The van der Waals surface area contributed by atoms with Gasteiger partial charge in [0.05, 0.1) is 12.2 Å². The summed E-state index contributed by atoms with van der Waals surface area (Å²) in [6.45, 7) is 19.7. The summed E-state index contributed by atoms with van der Waals surface area (Å²) < 4.78 is 88.0. The SMILES string of the molecule is CC(C)(C)[Si](C)(C)OC1C(Oc2ccc3c(C(F)(F)F)cc(=O)oc3c2)O[C@H](COP(=O)(O)O)C1O[Si](C)(C)C(C)(C)C. The maximum Gasteiger partial charge on any atom is 0.469 e. The van der Waals surface area contributed by atoms with Crippen LogP contribution in [0.1, 0.15) is 47.1 Å². The van der Waals surface area contributed by atoms with Crippen molar-refractivity contribution in [3.63, 3.8) is 0 Å². The van der Waals surface area contributed by atoms with Crippen LogP contribution in [0.15, 0.2) is 33.5 Å². The van der Waals surface area contributed by atoms with Crippen LogP contribution in [-0.2, 0) is 28.9 Å². The minimum Gasteiger partial charge on any atom is -0.462 e. The van der Waals surface area contributed by atoms with E-state index in [9.17, 15) is 32.3 Å². The molecule has 1 aliphatic heterocycles. The third-order valence-electron chi connectivity index (χ3n) is 8.42. The van der Waals surface area contributed by atoms with E-state index in [1.165, 1.54) is 6.07 Å². The highest BCUT2D eigenvalue weighted by molar-refractivity contribution is 7.46. The molecule has 0 amide bonds. The number of benzene rings is 1. The molecule has 4 atom stereocenters. The Morgan fingerprint density at radius 1 is 0.907 bits per heavy atom. The number of hydrogen-bond acceptors (Lipinski definition) is 8. The summed E-state index contributed by atoms with van der Waals surface area (Å²) in [6.07, 6.45) is -8.82. The lowest BCUT2D eigenvalue weighted by atomic mass is 10.1. The Kier molecular flexibility index (Phi) is 10.0. The van der Waals surface area contributed by atoms with Gasteiger partial charge in [0.1, 0.15) is 29.6 Å². The second kappa shape index (κ2) is 12.0. The van der Waals surface area contributed by atoms with E-state index < -0.39 is 73.0 Å². The molecule has 0 radical (unpaired) electrons. The van der Waals surface area contributed by atoms with E-state index in [2.05, 4.69) is 0 Å². The molecule has 16 heteroatoms. The first-order chi connectivity index (χ1) is 19.2. The summed E-state index contributed by atoms with van der Waals surface area (Å²) in [5, 5.41) is -0.846. The fraction of sp³-hybridized carbons (Fsp3) is 0.667. The first-order valence-corrected chi connectivity index (χ1v) is 21.1. The summed E-state index contributed by atoms with van der Waals surface area (Å²) in [7, 11) is -9.99. The second-order valence-electron chi connectivity index (χ2n) is 13.8. The molecule has 244 valence electrons. The molecular formula is C27H42F3O10PSi2. The molecular weight excluding hydrogens is 628 g/mol. The molecule has 1 aliphatic rings. The quantitative estimate of drug-likeness (QED) is 0.167. The van der Waals surface area contributed by atoms with Gasteiger partial charge in [-0.25, -0.2) is 9.36 Å². The first kappa shape index (κ1) is 35.9. The van der Waals surface area contributed by atoms with E-state index in [1.54, 1.807) is 0 Å². The summed E-state index contributed by atoms with van der Waals surface area (Å²) in [6, 6.07) is 3.96. The largest absolute Gasteiger partial charge is 0.469 e. The van der Waals surface area contributed by atoms with Crippen LogP contribution in [0.25, 0.3) is 11.0 Å². The minimum atomic E-state index is -4.88. The van der Waals surface area contributed by atoms with Gasteiger partial charge >= 0.3 is 19.6 Å². The van der Waals surface area contributed by atoms with E-state index >= 15 is 0 Å². The predicted molar refractivity (Wildman–Crippen MR) is 159 cm³/mol. The van der Waals surface area contributed by atoms with Gasteiger partial charge in [0.2, 0.25) is 6.29 Å². The lowest BCUT2D eigenvalue weighted by Crippen LogP contribution is -2.55. The minimum absolute atomic E-state index is 0.0199. The molecule has 0 saturated carbocycles. The molecule has 0 bridgehead atoms. The van der Waals surface area contributed by atoms with E-state index in [-0.39, 0.29) is 26.8 Å². The van der Waals surface area contributed by atoms with Crippen LogP contribution in [0.3, 0.4) is 0 Å². The average molecular weight is 671 g/mol. The number of phosphoric ester groups is 1. The van der Waals surface area contributed by atoms with Crippen molar-refractivity contribution < 1.29 is 54.8 Å². The Balaban J connectivity index is 2.10. The Morgan fingerprint density at radius 2 is 1.44 bits per heavy atom. The molecule has 2 N–H and O–H groups in total. The van der Waals surface area contributed by atoms with Gasteiger partial charge in [0.25, 0.3) is 0 Å². The zero-order chi connectivity index (χ0) is 33.0. The number of rotatable bonds is 9. The fourth-order valence-corrected chi connectivity index (χ4v) is 6.92. The van der Waals surface area contributed by atoms with Crippen molar-refractivity contribution in [1.82, 2.24) is 0 Å². The van der Waals surface area contributed by atoms with Gasteiger partial charge in [0, 0.05) is 17.5 Å². The smallest absolute Gasteiger partial charge is 0.462 e. The second-order valence-corrected chi connectivity index (χ2v) is 24.5. The summed E-state index contributed by atoms with van der Waals surface area (Å²) in [5.41, 5.74) is -2.66. The molecule has 1 aromatic carbocycles. The molecule has 1 aromatic heterocycles. The van der Waals surface area contributed by atoms with Crippen molar-refractivity contribution in [3.05, 3.63) is 40.2 Å². The number of phosphoric acid groups is 1. The van der Waals surface area contributed by atoms with Crippen LogP contribution in [-0.4, -0.2) is 57.6 Å². The van der Waals surface area contributed by atoms with Crippen molar-refractivity contribution in [1.29, 1.82) is 0 Å². The zero-order valence-corrected chi connectivity index (χ0v) is 29.0. The highest BCUT2D eigenvalue weighted by atomic mass is 31.2. The normalized spacial score (nSPS) is 22.8. The van der Waals surface area contributed by atoms with Crippen molar-refractivity contribution in [2.75, 3.05) is 6.61 Å². The Hall–Kier alpha value is -1.56. The lowest BCUT2D eigenvalue weighted by molar-refractivity contribution is -0.136. The van der Waals surface area contributed by atoms with Crippen LogP contribution in [0, 0.1) is 0 Å². The summed E-state index contributed by atoms with van der Waals surface area (Å²) >= 11 is 0. The Labute approximate surface area is 251 Å². The molecule has 10 nitrogen and oxygen atoms in total. The maximum atomic E-state index is 13.6. The third kappa shape index (κ3) is 8.58. The molecule has 43 heavy (non-hydrogen) atoms. The van der Waals surface area contributed by atoms with Gasteiger partial charge in [-0.1, -0.05) is 41.5 Å². The van der Waals surface area contributed by atoms with E-state index in [0.717, 1.165) is 12.1 Å². The number of hydrogen-bond donors (Lipinski definition) is 2. The van der Waals surface area contributed by atoms with Crippen LogP contribution in [0.5, 0.6) is 5.75 Å². The van der Waals surface area contributed by atoms with Crippen molar-refractivity contribution in [3.8, 4) is 5.75 Å². The molecule has 0 aliphatic carbocycles. The molecule has 3 rings (SSSR count). The molecule has 2 aromatic rings. The number of fused-ring (bicyclic) bond motifs is 1. The molecule has 0 spiro atoms. The number of alkyl halides is 3. The summed E-state index contributed by atoms with van der Waals surface area (Å²) in [4.78, 5) is 30.8. The summed E-state index contributed by atoms with van der Waals surface area (Å²) in [5.74, 6) is 0.0199. The lowest BCUT2D eigenvalue weighted by Gasteiger charge is -2.43. The third-order valence-corrected chi connectivity index (χ3v) is 17.9. The van der Waals surface area contributed by atoms with E-state index in [4.69, 9.17) is 27.3 Å². The van der Waals surface area contributed by atoms with Crippen molar-refractivity contribution in [2.24, 2.45) is 0 Å². The van der Waals surface area contributed by atoms with E-state index in [0.29, 0.717) is 6.07 Å². The molecule has 3 unspecified atom stereocenters. The van der Waals surface area contributed by atoms with Crippen LogP contribution >= 0.6 is 7.82 Å². The number of halogens is 3. The highest BCUT2D eigenvalue weighted by Gasteiger charge is 2.55. The zero-order valence-electron chi connectivity index (χ0n) is 26.1. The predicted octanol–water partition coefficient (Wildman–Crippen LogP) is 6.81. The maximum absolute atomic E-state index is 13.6. The average Bonchev–Trinajstić information content (AvgIpc) is 3.09. The van der Waals surface area contributed by atoms with Gasteiger partial charge in [-0.05, 0) is 48.4 Å². The topological polar surface area (TPSA) is 134 Å². The molecule has 1 saturated heterocycles. The van der Waals surface area contributed by atoms with Gasteiger partial charge in [0.15, 0.2) is 16.6 Å². The van der Waals surface area contributed by atoms with Crippen molar-refractivity contribution in [2.45, 2.75) is 109 Å². The highest BCUT2D eigenvalue weighted by Crippen LogP contribution is 2.45. The van der Waals surface area contributed by atoms with Gasteiger partial charge in [-0.15, -0.1) is 0 Å². The molecule has 1 fully saturated rings. The van der Waals surface area contributed by atoms with Crippen LogP contribution < -0.4 is 10.4 Å². The van der Waals surface area contributed by atoms with Gasteiger partial charge in [-0.2, -0.15) is 13.2 Å². The van der Waals surface area contributed by atoms with Crippen LogP contribution in [0.4, 0.5) is 13.2 Å². The fourth-order valence-electron chi connectivity index (χ4n) is 3.98. The Morgan fingerprint density at radius 3 is 1.93 bits per heavy atom. The monoisotopic (exact) mass is 670 g/mol. The van der Waals surface area contributed by atoms with Crippen molar-refractivity contribution >= 4 is 35.4 Å². The standard InChI is InChI=1S/C27H42F3O10PSi2/c1-25(2,3)42(7,8)39-22-20(15-35-41(32,33)34)38-24(23(22)40-43(9,10)26(4,5)6)36-16-11-12-17-18(27(28,29)30)14-21(31)37-19(17)13-16/h11-14,20,22-24H,15H2,1-10H3,(H2,32,33,34)/t20-,22?,23?,24?/m1/s1. The molecule has 2 heterocycles.